The van der Waals surface area contributed by atoms with Crippen LogP contribution in [0.1, 0.15) is 128 Å². The topological polar surface area (TPSA) is 85.2 Å². The Bertz CT molecular complexity index is 860. The molecular formula is C24H48Cl2N7P3. The van der Waals surface area contributed by atoms with Gasteiger partial charge in [0, 0.05) is 18.1 Å². The molecule has 36 heavy (non-hydrogen) atoms. The number of halogens is 2. The standard InChI is InChI=1S/C24H48Cl2N7P3/c25-34(26)31-35(27-21-13-5-1-6-14-21,28-22-15-7-2-8-16-22)33-36(32-34,29-23-17-9-3-10-18-23)30-24-19-11-4-12-20-24/h21-24,27-29,33H,1-20H2/t36-/m0/s1. The molecule has 12 heteroatoms. The Kier molecular flexibility index (Phi) is 10.5. The molecule has 5 rings (SSSR count). The van der Waals surface area contributed by atoms with E-state index in [1.807, 2.05) is 0 Å². The molecule has 7 nitrogen and oxygen atoms in total. The van der Waals surface area contributed by atoms with E-state index in [0.29, 0.717) is 24.2 Å². The Morgan fingerprint density at radius 1 is 0.556 bits per heavy atom. The quantitative estimate of drug-likeness (QED) is 0.220. The van der Waals surface area contributed by atoms with E-state index in [2.05, 4.69) is 20.1 Å². The maximum absolute atomic E-state index is 7.09. The van der Waals surface area contributed by atoms with Crippen LogP contribution in [0.5, 0.6) is 0 Å². The SMILES string of the molecule is ClP1(Cl)=N[P@@](=NC2CCCCC2)(NC2CCCCC2)NP(NC2CCCCC2)(NC2CCCCC2)=N1. The highest BCUT2D eigenvalue weighted by Crippen LogP contribution is 2.78. The van der Waals surface area contributed by atoms with E-state index in [0.717, 1.165) is 12.8 Å². The average molecular weight is 599 g/mol. The van der Waals surface area contributed by atoms with Gasteiger partial charge in [0.05, 0.1) is 6.04 Å². The molecule has 4 fully saturated rings. The molecule has 0 aromatic heterocycles. The lowest BCUT2D eigenvalue weighted by atomic mass is 9.96. The zero-order valence-electron chi connectivity index (χ0n) is 21.9. The van der Waals surface area contributed by atoms with Crippen LogP contribution in [0.25, 0.3) is 0 Å². The summed E-state index contributed by atoms with van der Waals surface area (Å²) in [6.07, 6.45) is 24.9. The highest BCUT2D eigenvalue weighted by Gasteiger charge is 2.42. The van der Waals surface area contributed by atoms with Crippen LogP contribution >= 0.6 is 43.4 Å². The first-order chi connectivity index (χ1) is 17.4. The van der Waals surface area contributed by atoms with Gasteiger partial charge < -0.3 is 0 Å². The minimum Gasteiger partial charge on any atom is -0.256 e. The van der Waals surface area contributed by atoms with E-state index in [9.17, 15) is 0 Å². The molecule has 0 aromatic carbocycles. The van der Waals surface area contributed by atoms with Crippen LogP contribution in [-0.4, -0.2) is 24.2 Å². The summed E-state index contributed by atoms with van der Waals surface area (Å²) in [6.45, 7) is 0. The Balaban J connectivity index is 1.53. The minimum atomic E-state index is -2.90. The van der Waals surface area contributed by atoms with Crippen molar-refractivity contribution in [3.63, 3.8) is 0 Å². The fourth-order valence-corrected chi connectivity index (χ4v) is 20.9. The summed E-state index contributed by atoms with van der Waals surface area (Å²) >= 11 is 14.2. The van der Waals surface area contributed by atoms with Gasteiger partial charge >= 0.3 is 0 Å². The average Bonchev–Trinajstić information content (AvgIpc) is 2.85. The van der Waals surface area contributed by atoms with Crippen LogP contribution < -0.4 is 20.1 Å². The summed E-state index contributed by atoms with van der Waals surface area (Å²) in [6, 6.07) is 1.64. The van der Waals surface area contributed by atoms with Crippen LogP contribution in [0.4, 0.5) is 0 Å². The zero-order valence-corrected chi connectivity index (χ0v) is 26.1. The molecule has 0 amide bonds. The van der Waals surface area contributed by atoms with Gasteiger partial charge in [-0.05, 0) is 73.8 Å². The molecule has 0 unspecified atom stereocenters. The largest absolute Gasteiger partial charge is 0.257 e. The van der Waals surface area contributed by atoms with Crippen molar-refractivity contribution in [2.75, 3.05) is 0 Å². The first-order valence-electron chi connectivity index (χ1n) is 14.8. The van der Waals surface area contributed by atoms with Crippen LogP contribution in [0.2, 0.25) is 0 Å². The third-order valence-corrected chi connectivity index (χ3v) is 20.0. The van der Waals surface area contributed by atoms with Gasteiger partial charge in [-0.15, -0.1) is 0 Å². The summed E-state index contributed by atoms with van der Waals surface area (Å²) in [4.78, 5) is 4.07. The second-order valence-corrected chi connectivity index (χ2v) is 21.7. The molecule has 4 aliphatic carbocycles. The van der Waals surface area contributed by atoms with Gasteiger partial charge in [0.1, 0.15) is 0 Å². The summed E-state index contributed by atoms with van der Waals surface area (Å²) in [5.74, 6) is -2.90. The second kappa shape index (κ2) is 13.2. The van der Waals surface area contributed by atoms with E-state index in [1.165, 1.54) is 116 Å². The summed E-state index contributed by atoms with van der Waals surface area (Å²) < 4.78 is 15.9. The maximum atomic E-state index is 7.09. The summed E-state index contributed by atoms with van der Waals surface area (Å²) in [5, 5.41) is 12.1. The van der Waals surface area contributed by atoms with Crippen LogP contribution in [0.15, 0.2) is 13.8 Å². The molecule has 1 aliphatic heterocycles. The zero-order chi connectivity index (χ0) is 24.9. The van der Waals surface area contributed by atoms with Gasteiger partial charge in [-0.3, -0.25) is 20.0 Å². The van der Waals surface area contributed by atoms with Gasteiger partial charge in [0.2, 0.25) is 7.51 Å². The molecule has 1 heterocycles. The Hall–Kier alpha value is 1.11. The van der Waals surface area contributed by atoms with E-state index in [1.54, 1.807) is 0 Å². The molecule has 5 aliphatic rings. The Morgan fingerprint density at radius 2 is 0.972 bits per heavy atom. The van der Waals surface area contributed by atoms with Gasteiger partial charge in [0.15, 0.2) is 7.51 Å². The van der Waals surface area contributed by atoms with Crippen LogP contribution in [0.3, 0.4) is 0 Å². The van der Waals surface area contributed by atoms with E-state index < -0.39 is 20.9 Å². The number of rotatable bonds is 7. The lowest BCUT2D eigenvalue weighted by molar-refractivity contribution is 0.402. The molecule has 208 valence electrons. The molecule has 0 radical (unpaired) electrons. The fraction of sp³-hybridized carbons (Fsp3) is 1.00. The molecule has 4 saturated carbocycles. The van der Waals surface area contributed by atoms with Crippen molar-refractivity contribution >= 4 is 43.4 Å². The highest BCUT2D eigenvalue weighted by atomic mass is 35.9. The number of nitrogens with one attached hydrogen (secondary N) is 4. The van der Waals surface area contributed by atoms with E-state index in [4.69, 9.17) is 36.3 Å². The molecule has 1 atom stereocenters. The molecule has 0 bridgehead atoms. The molecule has 0 aromatic rings. The van der Waals surface area contributed by atoms with Crippen molar-refractivity contribution in [1.82, 2.24) is 20.1 Å². The fourth-order valence-electron chi connectivity index (χ4n) is 6.77. The summed E-state index contributed by atoms with van der Waals surface area (Å²) in [5.41, 5.74) is 0. The van der Waals surface area contributed by atoms with E-state index in [-0.39, 0.29) is 0 Å². The van der Waals surface area contributed by atoms with Crippen LogP contribution in [-0.2, 0) is 0 Å². The first kappa shape index (κ1) is 28.6. The monoisotopic (exact) mass is 597 g/mol. The molecule has 4 N–H and O–H groups in total. The second-order valence-electron chi connectivity index (χ2n) is 11.8. The third kappa shape index (κ3) is 8.08. The predicted octanol–water partition coefficient (Wildman–Crippen LogP) is 10.0. The van der Waals surface area contributed by atoms with Gasteiger partial charge in [-0.1, -0.05) is 77.0 Å². The van der Waals surface area contributed by atoms with Gasteiger partial charge in [0.25, 0.3) is 5.91 Å². The van der Waals surface area contributed by atoms with Gasteiger partial charge in [-0.2, -0.15) is 13.9 Å². The lowest BCUT2D eigenvalue weighted by Crippen LogP contribution is -2.44. The minimum absolute atomic E-state index is 0.331. The van der Waals surface area contributed by atoms with Crippen molar-refractivity contribution in [1.29, 1.82) is 0 Å². The normalized spacial score (nSPS) is 32.9. The van der Waals surface area contributed by atoms with Gasteiger partial charge in [-0.25, -0.2) is 0 Å². The molecule has 0 saturated heterocycles. The number of nitrogens with zero attached hydrogens (tertiary/aromatic N) is 3. The Morgan fingerprint density at radius 3 is 1.44 bits per heavy atom. The number of hydrogen-bond donors (Lipinski definition) is 4. The van der Waals surface area contributed by atoms with Crippen molar-refractivity contribution in [3.8, 4) is 0 Å². The Labute approximate surface area is 229 Å². The van der Waals surface area contributed by atoms with Crippen LogP contribution in [0, 0.1) is 0 Å². The number of hydrogen-bond acceptors (Lipinski definition) is 4. The summed E-state index contributed by atoms with van der Waals surface area (Å²) in [7, 11) is -4.99. The van der Waals surface area contributed by atoms with E-state index >= 15 is 0 Å². The lowest BCUT2D eigenvalue weighted by Gasteiger charge is -2.43. The smallest absolute Gasteiger partial charge is 0.256 e. The van der Waals surface area contributed by atoms with Crippen molar-refractivity contribution < 1.29 is 0 Å². The van der Waals surface area contributed by atoms with Crippen molar-refractivity contribution in [2.24, 2.45) is 13.8 Å². The predicted molar refractivity (Wildman–Crippen MR) is 160 cm³/mol. The highest BCUT2D eigenvalue weighted by molar-refractivity contribution is 8.13. The van der Waals surface area contributed by atoms with Crippen molar-refractivity contribution in [3.05, 3.63) is 0 Å². The molecular weight excluding hydrogens is 550 g/mol. The third-order valence-electron chi connectivity index (χ3n) is 8.59. The first-order valence-corrected chi connectivity index (χ1v) is 21.8. The molecule has 0 spiro atoms. The van der Waals surface area contributed by atoms with Crippen molar-refractivity contribution in [2.45, 2.75) is 153 Å². The maximum Gasteiger partial charge on any atom is 0.257 e.